The maximum Gasteiger partial charge on any atom is 0.107 e. The lowest BCUT2D eigenvalue weighted by Gasteiger charge is -2.04. The molecule has 1 heterocycles. The van der Waals surface area contributed by atoms with Gasteiger partial charge in [-0.2, -0.15) is 0 Å². The third-order valence-corrected chi connectivity index (χ3v) is 2.24. The van der Waals surface area contributed by atoms with E-state index >= 15 is 0 Å². The number of aryl methyl sites for hydroxylation is 1. The molecular formula is C8H14N2S. The highest BCUT2D eigenvalue weighted by atomic mass is 32.1. The monoisotopic (exact) mass is 170 g/mol. The Balaban J connectivity index is 2.39. The third kappa shape index (κ3) is 2.99. The molecule has 2 nitrogen and oxygen atoms in total. The Bertz CT molecular complexity index is 218. The minimum absolute atomic E-state index is 0.541. The van der Waals surface area contributed by atoms with Gasteiger partial charge in [0, 0.05) is 23.7 Å². The summed E-state index contributed by atoms with van der Waals surface area (Å²) in [6.45, 7) is 7.26. The summed E-state index contributed by atoms with van der Waals surface area (Å²) < 4.78 is 0. The maximum absolute atomic E-state index is 4.24. The van der Waals surface area contributed by atoms with E-state index in [2.05, 4.69) is 31.1 Å². The number of nitrogens with one attached hydrogen (secondary N) is 1. The first-order valence-corrected chi connectivity index (χ1v) is 4.65. The summed E-state index contributed by atoms with van der Waals surface area (Å²) >= 11 is 1.76. The van der Waals surface area contributed by atoms with Crippen molar-refractivity contribution in [3.8, 4) is 0 Å². The Morgan fingerprint density at radius 2 is 2.36 bits per heavy atom. The molecule has 0 aliphatic rings. The maximum atomic E-state index is 4.24. The predicted octanol–water partition coefficient (Wildman–Crippen LogP) is 1.95. The molecule has 0 spiro atoms. The molecule has 1 aromatic rings. The Kier molecular flexibility index (Phi) is 3.02. The molecule has 1 N–H and O–H groups in total. The van der Waals surface area contributed by atoms with Crippen LogP contribution in [0.2, 0.25) is 0 Å². The summed E-state index contributed by atoms with van der Waals surface area (Å²) in [7, 11) is 0. The lowest BCUT2D eigenvalue weighted by Crippen LogP contribution is -2.21. The first-order valence-electron chi connectivity index (χ1n) is 3.83. The highest BCUT2D eigenvalue weighted by Gasteiger charge is 1.98. The molecule has 0 saturated heterocycles. The predicted molar refractivity (Wildman–Crippen MR) is 48.8 cm³/mol. The lowest BCUT2D eigenvalue weighted by molar-refractivity contribution is 0.587. The molecule has 1 aromatic heterocycles. The van der Waals surface area contributed by atoms with Crippen LogP contribution in [0.4, 0.5) is 0 Å². The van der Waals surface area contributed by atoms with Gasteiger partial charge in [0.2, 0.25) is 0 Å². The summed E-state index contributed by atoms with van der Waals surface area (Å²) in [4.78, 5) is 5.53. The van der Waals surface area contributed by atoms with Crippen LogP contribution in [-0.4, -0.2) is 11.0 Å². The quantitative estimate of drug-likeness (QED) is 0.750. The van der Waals surface area contributed by atoms with E-state index in [0.29, 0.717) is 6.04 Å². The molecule has 3 heteroatoms. The Morgan fingerprint density at radius 3 is 2.82 bits per heavy atom. The normalized spacial score (nSPS) is 10.9. The van der Waals surface area contributed by atoms with E-state index in [9.17, 15) is 0 Å². The average Bonchev–Trinajstić information content (AvgIpc) is 2.31. The van der Waals surface area contributed by atoms with Gasteiger partial charge in [-0.05, 0) is 6.92 Å². The van der Waals surface area contributed by atoms with Crippen molar-refractivity contribution in [3.05, 3.63) is 16.1 Å². The Labute approximate surface area is 71.7 Å². The topological polar surface area (TPSA) is 24.9 Å². The summed E-state index contributed by atoms with van der Waals surface area (Å²) in [6, 6.07) is 0.541. The van der Waals surface area contributed by atoms with Gasteiger partial charge in [0.05, 0.1) is 0 Å². The largest absolute Gasteiger partial charge is 0.308 e. The van der Waals surface area contributed by atoms with E-state index in [1.807, 2.05) is 6.20 Å². The number of thiazole rings is 1. The van der Waals surface area contributed by atoms with Gasteiger partial charge >= 0.3 is 0 Å². The zero-order valence-electron chi connectivity index (χ0n) is 7.22. The van der Waals surface area contributed by atoms with Crippen LogP contribution < -0.4 is 5.32 Å². The van der Waals surface area contributed by atoms with Crippen molar-refractivity contribution in [2.45, 2.75) is 33.4 Å². The van der Waals surface area contributed by atoms with Gasteiger partial charge in [-0.15, -0.1) is 11.3 Å². The Morgan fingerprint density at radius 1 is 1.64 bits per heavy atom. The van der Waals surface area contributed by atoms with Gasteiger partial charge in [0.25, 0.3) is 0 Å². The van der Waals surface area contributed by atoms with E-state index < -0.39 is 0 Å². The molecule has 11 heavy (non-hydrogen) atoms. The zero-order chi connectivity index (χ0) is 8.27. The van der Waals surface area contributed by atoms with E-state index in [1.165, 1.54) is 9.88 Å². The fourth-order valence-electron chi connectivity index (χ4n) is 0.775. The molecule has 0 radical (unpaired) electrons. The molecule has 0 bridgehead atoms. The number of hydrogen-bond donors (Lipinski definition) is 1. The third-order valence-electron chi connectivity index (χ3n) is 1.33. The fourth-order valence-corrected chi connectivity index (χ4v) is 1.51. The second-order valence-corrected chi connectivity index (χ2v) is 4.22. The molecule has 62 valence electrons. The van der Waals surface area contributed by atoms with Crippen molar-refractivity contribution in [1.82, 2.24) is 10.3 Å². The van der Waals surface area contributed by atoms with E-state index in [-0.39, 0.29) is 0 Å². The molecule has 0 atom stereocenters. The van der Waals surface area contributed by atoms with Crippen molar-refractivity contribution in [2.75, 3.05) is 0 Å². The van der Waals surface area contributed by atoms with Gasteiger partial charge in [0.15, 0.2) is 0 Å². The highest BCUT2D eigenvalue weighted by Crippen LogP contribution is 2.10. The summed E-state index contributed by atoms with van der Waals surface area (Å²) in [5, 5.41) is 4.50. The van der Waals surface area contributed by atoms with Gasteiger partial charge in [-0.1, -0.05) is 13.8 Å². The van der Waals surface area contributed by atoms with Gasteiger partial charge in [-0.3, -0.25) is 0 Å². The standard InChI is InChI=1S/C8H14N2S/c1-6(2)9-5-8-10-4-7(3)11-8/h4,6,9H,5H2,1-3H3. The van der Waals surface area contributed by atoms with Crippen LogP contribution in [0.1, 0.15) is 23.7 Å². The average molecular weight is 170 g/mol. The van der Waals surface area contributed by atoms with Crippen molar-refractivity contribution >= 4 is 11.3 Å². The van der Waals surface area contributed by atoms with Gasteiger partial charge in [0.1, 0.15) is 5.01 Å². The summed E-state index contributed by atoms with van der Waals surface area (Å²) in [5.41, 5.74) is 0. The number of hydrogen-bond acceptors (Lipinski definition) is 3. The molecule has 0 saturated carbocycles. The molecule has 1 rings (SSSR count). The van der Waals surface area contributed by atoms with Crippen LogP contribution >= 0.6 is 11.3 Å². The van der Waals surface area contributed by atoms with E-state index in [4.69, 9.17) is 0 Å². The summed E-state index contributed by atoms with van der Waals surface area (Å²) in [6.07, 6.45) is 1.92. The minimum Gasteiger partial charge on any atom is -0.308 e. The minimum atomic E-state index is 0.541. The van der Waals surface area contributed by atoms with Crippen LogP contribution in [-0.2, 0) is 6.54 Å². The van der Waals surface area contributed by atoms with E-state index in [0.717, 1.165) is 6.54 Å². The smallest absolute Gasteiger partial charge is 0.107 e. The van der Waals surface area contributed by atoms with Gasteiger partial charge in [-0.25, -0.2) is 4.98 Å². The molecular weight excluding hydrogens is 156 g/mol. The molecule has 0 amide bonds. The van der Waals surface area contributed by atoms with Crippen LogP contribution in [0.5, 0.6) is 0 Å². The molecule has 0 unspecified atom stereocenters. The van der Waals surface area contributed by atoms with Crippen LogP contribution in [0.3, 0.4) is 0 Å². The number of nitrogens with zero attached hydrogens (tertiary/aromatic N) is 1. The van der Waals surface area contributed by atoms with Crippen molar-refractivity contribution < 1.29 is 0 Å². The second kappa shape index (κ2) is 3.83. The highest BCUT2D eigenvalue weighted by molar-refractivity contribution is 7.11. The van der Waals surface area contributed by atoms with Crippen LogP contribution in [0, 0.1) is 6.92 Å². The van der Waals surface area contributed by atoms with Crippen molar-refractivity contribution in [2.24, 2.45) is 0 Å². The second-order valence-electron chi connectivity index (χ2n) is 2.90. The van der Waals surface area contributed by atoms with Crippen LogP contribution in [0.25, 0.3) is 0 Å². The lowest BCUT2D eigenvalue weighted by atomic mass is 10.4. The zero-order valence-corrected chi connectivity index (χ0v) is 8.03. The first kappa shape index (κ1) is 8.68. The van der Waals surface area contributed by atoms with E-state index in [1.54, 1.807) is 11.3 Å². The summed E-state index contributed by atoms with van der Waals surface area (Å²) in [5.74, 6) is 0. The Hall–Kier alpha value is -0.410. The van der Waals surface area contributed by atoms with Crippen LogP contribution in [0.15, 0.2) is 6.20 Å². The van der Waals surface area contributed by atoms with Crippen molar-refractivity contribution in [3.63, 3.8) is 0 Å². The molecule has 0 aromatic carbocycles. The number of aromatic nitrogens is 1. The van der Waals surface area contributed by atoms with Gasteiger partial charge < -0.3 is 5.32 Å². The fraction of sp³-hybridized carbons (Fsp3) is 0.625. The molecule has 0 aliphatic heterocycles. The first-order chi connectivity index (χ1) is 5.18. The van der Waals surface area contributed by atoms with Crippen molar-refractivity contribution in [1.29, 1.82) is 0 Å². The number of rotatable bonds is 3. The molecule has 0 fully saturated rings. The molecule has 0 aliphatic carbocycles. The SMILES string of the molecule is Cc1cnc(CNC(C)C)s1.